The van der Waals surface area contributed by atoms with Gasteiger partial charge in [-0.2, -0.15) is 0 Å². The third kappa shape index (κ3) is 4.05. The van der Waals surface area contributed by atoms with E-state index in [0.29, 0.717) is 13.2 Å². The number of aryl methyl sites for hydroxylation is 1. The predicted molar refractivity (Wildman–Crippen MR) is 82.6 cm³/mol. The second-order valence-corrected chi connectivity index (χ2v) is 4.65. The molecular formula is C18H20O2. The number of hydrogen-bond acceptors (Lipinski definition) is 2. The van der Waals surface area contributed by atoms with Crippen molar-refractivity contribution >= 4 is 5.57 Å². The van der Waals surface area contributed by atoms with Crippen LogP contribution >= 0.6 is 0 Å². The molecule has 2 nitrogen and oxygen atoms in total. The summed E-state index contributed by atoms with van der Waals surface area (Å²) in [5, 5.41) is 8.76. The Hall–Kier alpha value is -1.90. The molecule has 2 aromatic carbocycles. The second kappa shape index (κ2) is 7.63. The van der Waals surface area contributed by atoms with Crippen LogP contribution in [0, 0.1) is 6.92 Å². The van der Waals surface area contributed by atoms with Crippen LogP contribution in [-0.4, -0.2) is 24.9 Å². The fourth-order valence-corrected chi connectivity index (χ4v) is 2.12. The molecule has 0 aliphatic carbocycles. The predicted octanol–water partition coefficient (Wildman–Crippen LogP) is 3.44. The summed E-state index contributed by atoms with van der Waals surface area (Å²) < 4.78 is 5.36. The van der Waals surface area contributed by atoms with Gasteiger partial charge in [-0.05, 0) is 23.6 Å². The number of ether oxygens (including phenoxy) is 1. The Morgan fingerprint density at radius 3 is 2.50 bits per heavy atom. The lowest BCUT2D eigenvalue weighted by Crippen LogP contribution is -2.00. The molecule has 0 atom stereocenters. The van der Waals surface area contributed by atoms with Crippen LogP contribution in [0.5, 0.6) is 0 Å². The van der Waals surface area contributed by atoms with Crippen LogP contribution in [0.15, 0.2) is 60.7 Å². The number of benzene rings is 2. The SMILES string of the molecule is Cc1cccc(C(=CCOCCO)c2ccccc2)c1. The maximum atomic E-state index is 8.76. The normalized spacial score (nSPS) is 11.6. The number of rotatable bonds is 6. The third-order valence-corrected chi connectivity index (χ3v) is 3.05. The zero-order chi connectivity index (χ0) is 14.2. The maximum absolute atomic E-state index is 8.76. The van der Waals surface area contributed by atoms with Gasteiger partial charge in [0.15, 0.2) is 0 Å². The highest BCUT2D eigenvalue weighted by atomic mass is 16.5. The van der Waals surface area contributed by atoms with Crippen LogP contribution in [0.3, 0.4) is 0 Å². The van der Waals surface area contributed by atoms with Gasteiger partial charge < -0.3 is 9.84 Å². The van der Waals surface area contributed by atoms with Gasteiger partial charge in [-0.3, -0.25) is 0 Å². The first-order valence-electron chi connectivity index (χ1n) is 6.82. The van der Waals surface area contributed by atoms with Gasteiger partial charge in [-0.1, -0.05) is 66.2 Å². The van der Waals surface area contributed by atoms with Crippen molar-refractivity contribution in [2.24, 2.45) is 0 Å². The smallest absolute Gasteiger partial charge is 0.0702 e. The Kier molecular flexibility index (Phi) is 5.54. The van der Waals surface area contributed by atoms with Gasteiger partial charge in [0.1, 0.15) is 0 Å². The summed E-state index contributed by atoms with van der Waals surface area (Å²) in [5.74, 6) is 0. The summed E-state index contributed by atoms with van der Waals surface area (Å²) in [4.78, 5) is 0. The summed E-state index contributed by atoms with van der Waals surface area (Å²) in [6, 6.07) is 18.7. The Labute approximate surface area is 120 Å². The molecule has 2 rings (SSSR count). The van der Waals surface area contributed by atoms with Gasteiger partial charge in [-0.25, -0.2) is 0 Å². The molecule has 20 heavy (non-hydrogen) atoms. The van der Waals surface area contributed by atoms with Gasteiger partial charge in [0.25, 0.3) is 0 Å². The number of hydrogen-bond donors (Lipinski definition) is 1. The highest BCUT2D eigenvalue weighted by molar-refractivity contribution is 5.80. The van der Waals surface area contributed by atoms with Crippen LogP contribution in [-0.2, 0) is 4.74 Å². The molecule has 0 saturated heterocycles. The van der Waals surface area contributed by atoms with E-state index in [9.17, 15) is 0 Å². The first kappa shape index (κ1) is 14.5. The van der Waals surface area contributed by atoms with Crippen molar-refractivity contribution in [3.05, 3.63) is 77.4 Å². The molecule has 0 unspecified atom stereocenters. The second-order valence-electron chi connectivity index (χ2n) is 4.65. The molecule has 0 bridgehead atoms. The van der Waals surface area contributed by atoms with Crippen molar-refractivity contribution in [1.29, 1.82) is 0 Å². The quantitative estimate of drug-likeness (QED) is 0.813. The summed E-state index contributed by atoms with van der Waals surface area (Å²) in [6.07, 6.45) is 2.07. The molecule has 0 spiro atoms. The highest BCUT2D eigenvalue weighted by Gasteiger charge is 2.04. The lowest BCUT2D eigenvalue weighted by atomic mass is 9.96. The van der Waals surface area contributed by atoms with E-state index in [2.05, 4.69) is 49.4 Å². The first-order valence-corrected chi connectivity index (χ1v) is 6.82. The minimum atomic E-state index is 0.0545. The van der Waals surface area contributed by atoms with Crippen molar-refractivity contribution in [3.8, 4) is 0 Å². The Morgan fingerprint density at radius 1 is 1.05 bits per heavy atom. The Balaban J connectivity index is 2.29. The van der Waals surface area contributed by atoms with Gasteiger partial charge in [-0.15, -0.1) is 0 Å². The molecule has 0 saturated carbocycles. The van der Waals surface area contributed by atoms with Crippen molar-refractivity contribution in [3.63, 3.8) is 0 Å². The Bertz CT molecular complexity index is 559. The van der Waals surface area contributed by atoms with E-state index in [1.165, 1.54) is 16.7 Å². The molecule has 0 aliphatic heterocycles. The monoisotopic (exact) mass is 268 g/mol. The van der Waals surface area contributed by atoms with E-state index in [1.54, 1.807) is 0 Å². The van der Waals surface area contributed by atoms with Gasteiger partial charge in [0.2, 0.25) is 0 Å². The third-order valence-electron chi connectivity index (χ3n) is 3.05. The van der Waals surface area contributed by atoms with E-state index in [-0.39, 0.29) is 6.61 Å². The van der Waals surface area contributed by atoms with Gasteiger partial charge in [0, 0.05) is 0 Å². The molecule has 0 aliphatic rings. The average molecular weight is 268 g/mol. The Morgan fingerprint density at radius 2 is 1.80 bits per heavy atom. The minimum Gasteiger partial charge on any atom is -0.394 e. The van der Waals surface area contributed by atoms with Crippen LogP contribution in [0.4, 0.5) is 0 Å². The van der Waals surface area contributed by atoms with Crippen LogP contribution in [0.2, 0.25) is 0 Å². The molecule has 0 heterocycles. The summed E-state index contributed by atoms with van der Waals surface area (Å²) in [5.41, 5.74) is 4.75. The molecule has 2 heteroatoms. The summed E-state index contributed by atoms with van der Waals surface area (Å²) in [6.45, 7) is 3.01. The van der Waals surface area contributed by atoms with Crippen molar-refractivity contribution in [1.82, 2.24) is 0 Å². The molecule has 0 amide bonds. The van der Waals surface area contributed by atoms with Crippen LogP contribution in [0.1, 0.15) is 16.7 Å². The van der Waals surface area contributed by atoms with Gasteiger partial charge in [0.05, 0.1) is 19.8 Å². The molecule has 0 radical (unpaired) electrons. The maximum Gasteiger partial charge on any atom is 0.0702 e. The largest absolute Gasteiger partial charge is 0.394 e. The fraction of sp³-hybridized carbons (Fsp3) is 0.222. The van der Waals surface area contributed by atoms with E-state index < -0.39 is 0 Å². The van der Waals surface area contributed by atoms with Gasteiger partial charge >= 0.3 is 0 Å². The zero-order valence-corrected chi connectivity index (χ0v) is 11.8. The molecule has 2 aromatic rings. The minimum absolute atomic E-state index is 0.0545. The highest BCUT2D eigenvalue weighted by Crippen LogP contribution is 2.23. The average Bonchev–Trinajstić information content (AvgIpc) is 2.48. The van der Waals surface area contributed by atoms with E-state index in [1.807, 2.05) is 18.2 Å². The summed E-state index contributed by atoms with van der Waals surface area (Å²) >= 11 is 0. The lowest BCUT2D eigenvalue weighted by Gasteiger charge is -2.10. The van der Waals surface area contributed by atoms with Crippen LogP contribution in [0.25, 0.3) is 5.57 Å². The topological polar surface area (TPSA) is 29.5 Å². The summed E-state index contributed by atoms with van der Waals surface area (Å²) in [7, 11) is 0. The van der Waals surface area contributed by atoms with Crippen LogP contribution < -0.4 is 0 Å². The van der Waals surface area contributed by atoms with Crippen molar-refractivity contribution in [2.75, 3.05) is 19.8 Å². The standard InChI is InChI=1S/C18H20O2/c1-15-6-5-9-17(14-15)18(10-12-20-13-11-19)16-7-3-2-4-8-16/h2-10,14,19H,11-13H2,1H3. The fourth-order valence-electron chi connectivity index (χ4n) is 2.12. The first-order chi connectivity index (χ1) is 9.81. The van der Waals surface area contributed by atoms with Crippen molar-refractivity contribution in [2.45, 2.75) is 6.92 Å². The molecule has 104 valence electrons. The molecule has 1 N–H and O–H groups in total. The number of aliphatic hydroxyl groups excluding tert-OH is 1. The van der Waals surface area contributed by atoms with E-state index in [4.69, 9.17) is 9.84 Å². The van der Waals surface area contributed by atoms with E-state index >= 15 is 0 Å². The zero-order valence-electron chi connectivity index (χ0n) is 11.8. The lowest BCUT2D eigenvalue weighted by molar-refractivity contribution is 0.112. The molecule has 0 aromatic heterocycles. The molecule has 0 fully saturated rings. The molecular weight excluding hydrogens is 248 g/mol. The van der Waals surface area contributed by atoms with Crippen molar-refractivity contribution < 1.29 is 9.84 Å². The van der Waals surface area contributed by atoms with E-state index in [0.717, 1.165) is 5.57 Å². The number of aliphatic hydroxyl groups is 1.